The molecular formula is C12H15FO5S. The molecule has 0 bridgehead atoms. The SMILES string of the molecule is CC(C)C(O)CS(=O)(=O)c1ccc(C(=O)O)cc1F. The summed E-state index contributed by atoms with van der Waals surface area (Å²) in [6.45, 7) is 3.29. The summed E-state index contributed by atoms with van der Waals surface area (Å²) in [5.41, 5.74) is -0.333. The van der Waals surface area contributed by atoms with Gasteiger partial charge in [-0.25, -0.2) is 17.6 Å². The van der Waals surface area contributed by atoms with Gasteiger partial charge in [0.1, 0.15) is 10.7 Å². The highest BCUT2D eigenvalue weighted by molar-refractivity contribution is 7.91. The summed E-state index contributed by atoms with van der Waals surface area (Å²) < 4.78 is 37.4. The van der Waals surface area contributed by atoms with E-state index in [-0.39, 0.29) is 11.5 Å². The van der Waals surface area contributed by atoms with Gasteiger partial charge in [0.25, 0.3) is 0 Å². The van der Waals surface area contributed by atoms with Gasteiger partial charge in [-0.05, 0) is 24.1 Å². The molecule has 0 amide bonds. The maximum absolute atomic E-state index is 13.6. The molecule has 19 heavy (non-hydrogen) atoms. The van der Waals surface area contributed by atoms with E-state index in [4.69, 9.17) is 5.11 Å². The van der Waals surface area contributed by atoms with Crippen LogP contribution in [0.1, 0.15) is 24.2 Å². The van der Waals surface area contributed by atoms with Gasteiger partial charge in [0, 0.05) is 0 Å². The molecule has 0 radical (unpaired) electrons. The lowest BCUT2D eigenvalue weighted by atomic mass is 10.1. The average Bonchev–Trinajstić information content (AvgIpc) is 2.27. The van der Waals surface area contributed by atoms with Crippen LogP contribution in [0.4, 0.5) is 4.39 Å². The van der Waals surface area contributed by atoms with E-state index in [1.165, 1.54) is 0 Å². The number of benzene rings is 1. The number of carboxylic acid groups (broad SMARTS) is 1. The molecule has 0 saturated carbocycles. The Morgan fingerprint density at radius 3 is 2.37 bits per heavy atom. The van der Waals surface area contributed by atoms with Gasteiger partial charge in [0.15, 0.2) is 9.84 Å². The van der Waals surface area contributed by atoms with E-state index >= 15 is 0 Å². The van der Waals surface area contributed by atoms with E-state index in [0.29, 0.717) is 6.07 Å². The molecule has 5 nitrogen and oxygen atoms in total. The molecule has 0 fully saturated rings. The normalized spacial score (nSPS) is 13.5. The zero-order valence-electron chi connectivity index (χ0n) is 10.5. The van der Waals surface area contributed by atoms with E-state index in [1.807, 2.05) is 0 Å². The Hall–Kier alpha value is -1.47. The second-order valence-corrected chi connectivity index (χ2v) is 6.55. The number of hydrogen-bond donors (Lipinski definition) is 2. The summed E-state index contributed by atoms with van der Waals surface area (Å²) in [4.78, 5) is 10.0. The van der Waals surface area contributed by atoms with Gasteiger partial charge in [0.05, 0.1) is 17.4 Å². The largest absolute Gasteiger partial charge is 0.478 e. The summed E-state index contributed by atoms with van der Waals surface area (Å²) in [5.74, 6) is -3.36. The van der Waals surface area contributed by atoms with Crippen molar-refractivity contribution < 1.29 is 27.8 Å². The minimum atomic E-state index is -4.00. The van der Waals surface area contributed by atoms with Crippen molar-refractivity contribution in [3.63, 3.8) is 0 Å². The first-order valence-electron chi connectivity index (χ1n) is 5.59. The highest BCUT2D eigenvalue weighted by Crippen LogP contribution is 2.19. The van der Waals surface area contributed by atoms with Crippen molar-refractivity contribution in [1.29, 1.82) is 0 Å². The molecule has 1 aromatic carbocycles. The first-order chi connectivity index (χ1) is 8.65. The number of aromatic carboxylic acids is 1. The zero-order valence-corrected chi connectivity index (χ0v) is 11.3. The van der Waals surface area contributed by atoms with Crippen LogP contribution in [-0.4, -0.2) is 36.5 Å². The van der Waals surface area contributed by atoms with Crippen molar-refractivity contribution in [2.45, 2.75) is 24.8 Å². The summed E-state index contributed by atoms with van der Waals surface area (Å²) >= 11 is 0. The number of rotatable bonds is 5. The summed E-state index contributed by atoms with van der Waals surface area (Å²) in [7, 11) is -4.00. The summed E-state index contributed by atoms with van der Waals surface area (Å²) in [5, 5.41) is 18.2. The van der Waals surface area contributed by atoms with E-state index in [2.05, 4.69) is 0 Å². The molecule has 7 heteroatoms. The predicted molar refractivity (Wildman–Crippen MR) is 66.3 cm³/mol. The third-order valence-electron chi connectivity index (χ3n) is 2.67. The van der Waals surface area contributed by atoms with Gasteiger partial charge in [-0.15, -0.1) is 0 Å². The Kier molecular flexibility index (Phi) is 4.65. The van der Waals surface area contributed by atoms with Gasteiger partial charge < -0.3 is 10.2 Å². The van der Waals surface area contributed by atoms with Crippen LogP contribution in [0.5, 0.6) is 0 Å². The molecule has 0 saturated heterocycles. The minimum Gasteiger partial charge on any atom is -0.478 e. The van der Waals surface area contributed by atoms with Gasteiger partial charge in [-0.1, -0.05) is 13.8 Å². The van der Waals surface area contributed by atoms with E-state index in [9.17, 15) is 22.7 Å². The van der Waals surface area contributed by atoms with Crippen molar-refractivity contribution >= 4 is 15.8 Å². The number of sulfone groups is 1. The number of aliphatic hydroxyl groups is 1. The summed E-state index contributed by atoms with van der Waals surface area (Å²) in [6.07, 6.45) is -1.11. The van der Waals surface area contributed by atoms with E-state index in [1.54, 1.807) is 13.8 Å². The van der Waals surface area contributed by atoms with Gasteiger partial charge in [0.2, 0.25) is 0 Å². The molecule has 1 unspecified atom stereocenters. The van der Waals surface area contributed by atoms with Gasteiger partial charge >= 0.3 is 5.97 Å². The Morgan fingerprint density at radius 2 is 1.95 bits per heavy atom. The molecule has 1 aromatic rings. The third kappa shape index (κ3) is 3.74. The van der Waals surface area contributed by atoms with Crippen molar-refractivity contribution in [2.24, 2.45) is 5.92 Å². The molecule has 106 valence electrons. The molecular weight excluding hydrogens is 275 g/mol. The fraction of sp³-hybridized carbons (Fsp3) is 0.417. The van der Waals surface area contributed by atoms with Gasteiger partial charge in [-0.3, -0.25) is 0 Å². The Bertz CT molecular complexity index is 580. The number of aliphatic hydroxyl groups excluding tert-OH is 1. The van der Waals surface area contributed by atoms with E-state index in [0.717, 1.165) is 12.1 Å². The van der Waals surface area contributed by atoms with Crippen LogP contribution < -0.4 is 0 Å². The Labute approximate surface area is 110 Å². The molecule has 2 N–H and O–H groups in total. The van der Waals surface area contributed by atoms with Crippen molar-refractivity contribution in [3.05, 3.63) is 29.6 Å². The highest BCUT2D eigenvalue weighted by Gasteiger charge is 2.25. The molecule has 0 aliphatic carbocycles. The summed E-state index contributed by atoms with van der Waals surface area (Å²) in [6, 6.07) is 2.57. The van der Waals surface area contributed by atoms with Crippen molar-refractivity contribution in [3.8, 4) is 0 Å². The second kappa shape index (κ2) is 5.66. The monoisotopic (exact) mass is 290 g/mol. The average molecular weight is 290 g/mol. The van der Waals surface area contributed by atoms with Crippen LogP contribution in [0.3, 0.4) is 0 Å². The van der Waals surface area contributed by atoms with Crippen molar-refractivity contribution in [2.75, 3.05) is 5.75 Å². The number of carboxylic acids is 1. The predicted octanol–water partition coefficient (Wildman–Crippen LogP) is 1.31. The lowest BCUT2D eigenvalue weighted by Crippen LogP contribution is -2.26. The second-order valence-electron chi connectivity index (χ2n) is 4.54. The Balaban J connectivity index is 3.12. The lowest BCUT2D eigenvalue weighted by Gasteiger charge is -2.14. The van der Waals surface area contributed by atoms with Crippen LogP contribution in [0.25, 0.3) is 0 Å². The van der Waals surface area contributed by atoms with Crippen molar-refractivity contribution in [1.82, 2.24) is 0 Å². The fourth-order valence-corrected chi connectivity index (χ4v) is 3.04. The smallest absolute Gasteiger partial charge is 0.335 e. The van der Waals surface area contributed by atoms with Crippen LogP contribution in [0.2, 0.25) is 0 Å². The first kappa shape index (κ1) is 15.6. The molecule has 0 aliphatic rings. The molecule has 0 heterocycles. The number of carbonyl (C=O) groups is 1. The molecule has 0 aromatic heterocycles. The topological polar surface area (TPSA) is 91.7 Å². The van der Waals surface area contributed by atoms with Gasteiger partial charge in [-0.2, -0.15) is 0 Å². The Morgan fingerprint density at radius 1 is 1.37 bits per heavy atom. The third-order valence-corrected chi connectivity index (χ3v) is 4.46. The lowest BCUT2D eigenvalue weighted by molar-refractivity contribution is 0.0696. The van der Waals surface area contributed by atoms with Crippen LogP contribution in [-0.2, 0) is 9.84 Å². The fourth-order valence-electron chi connectivity index (χ4n) is 1.39. The number of halogens is 1. The maximum atomic E-state index is 13.6. The highest BCUT2D eigenvalue weighted by atomic mass is 32.2. The van der Waals surface area contributed by atoms with Crippen LogP contribution in [0, 0.1) is 11.7 Å². The van der Waals surface area contributed by atoms with Crippen LogP contribution >= 0.6 is 0 Å². The van der Waals surface area contributed by atoms with Crippen LogP contribution in [0.15, 0.2) is 23.1 Å². The molecule has 0 spiro atoms. The molecule has 1 atom stereocenters. The minimum absolute atomic E-state index is 0.281. The zero-order chi connectivity index (χ0) is 14.8. The number of hydrogen-bond acceptors (Lipinski definition) is 4. The quantitative estimate of drug-likeness (QED) is 0.853. The first-order valence-corrected chi connectivity index (χ1v) is 7.24. The van der Waals surface area contributed by atoms with E-state index < -0.39 is 38.4 Å². The maximum Gasteiger partial charge on any atom is 0.335 e. The molecule has 1 rings (SSSR count). The standard InChI is InChI=1S/C12H15FO5S/c1-7(2)10(14)6-19(17,18)11-4-3-8(12(15)16)5-9(11)13/h3-5,7,10,14H,6H2,1-2H3,(H,15,16). The molecule has 0 aliphatic heterocycles.